The van der Waals surface area contributed by atoms with Gasteiger partial charge in [-0.1, -0.05) is 11.3 Å². The van der Waals surface area contributed by atoms with E-state index in [4.69, 9.17) is 0 Å². The molecule has 0 bridgehead atoms. The topological polar surface area (TPSA) is 91.4 Å². The molecule has 0 aromatic heterocycles. The third-order valence-corrected chi connectivity index (χ3v) is 4.25. The van der Waals surface area contributed by atoms with Gasteiger partial charge in [0, 0.05) is 11.6 Å². The molecule has 8 nitrogen and oxygen atoms in total. The van der Waals surface area contributed by atoms with Gasteiger partial charge in [-0.3, -0.25) is 14.9 Å². The number of rotatable bonds is 5. The Bertz CT molecular complexity index is 996. The minimum Gasteiger partial charge on any atom is -0.299 e. The molecular formula is C17H13F4N5O3. The zero-order valence-electron chi connectivity index (χ0n) is 14.8. The molecule has 1 aliphatic heterocycles. The van der Waals surface area contributed by atoms with E-state index < -0.39 is 34.3 Å². The number of nitro groups is 1. The van der Waals surface area contributed by atoms with Gasteiger partial charge in [-0.05, 0) is 42.0 Å². The van der Waals surface area contributed by atoms with Gasteiger partial charge in [-0.2, -0.15) is 13.2 Å². The van der Waals surface area contributed by atoms with Crippen molar-refractivity contribution >= 4 is 17.7 Å². The molecule has 0 fully saturated rings. The number of alkyl halides is 3. The number of carbonyl (C=O) groups is 1. The maximum Gasteiger partial charge on any atom is 0.416 e. The van der Waals surface area contributed by atoms with E-state index in [1.807, 2.05) is 0 Å². The van der Waals surface area contributed by atoms with Crippen molar-refractivity contribution in [2.75, 3.05) is 5.01 Å². The lowest BCUT2D eigenvalue weighted by atomic mass is 10.1. The number of benzene rings is 2. The molecule has 0 saturated carbocycles. The van der Waals surface area contributed by atoms with Gasteiger partial charge in [0.15, 0.2) is 12.5 Å². The number of aryl methyl sites for hydroxylation is 1. The van der Waals surface area contributed by atoms with Crippen LogP contribution in [0, 0.1) is 22.9 Å². The first kappa shape index (κ1) is 20.2. The van der Waals surface area contributed by atoms with Crippen molar-refractivity contribution in [2.45, 2.75) is 25.8 Å². The molecule has 1 aliphatic rings. The molecule has 1 atom stereocenters. The van der Waals surface area contributed by atoms with Crippen LogP contribution in [0.15, 0.2) is 46.8 Å². The molecule has 2 aromatic carbocycles. The van der Waals surface area contributed by atoms with Crippen LogP contribution in [-0.4, -0.2) is 22.4 Å². The van der Waals surface area contributed by atoms with Crippen LogP contribution in [0.2, 0.25) is 0 Å². The molecule has 0 spiro atoms. The fourth-order valence-electron chi connectivity index (χ4n) is 2.84. The van der Waals surface area contributed by atoms with E-state index in [1.54, 1.807) is 0 Å². The van der Waals surface area contributed by atoms with Crippen molar-refractivity contribution in [3.63, 3.8) is 0 Å². The molecular weight excluding hydrogens is 398 g/mol. The quantitative estimate of drug-likeness (QED) is 0.318. The Labute approximate surface area is 161 Å². The van der Waals surface area contributed by atoms with Crippen LogP contribution in [0.25, 0.3) is 0 Å². The highest BCUT2D eigenvalue weighted by Gasteiger charge is 2.36. The molecule has 1 heterocycles. The standard InChI is InChI=1S/C17H13F4N5O3/c1-10-6-11(2-5-14(10)26(28)29)8-24-16(9-27)25(23-22-24)15-7-12(17(19,20)21)3-4-13(15)18/h2-7,9,16H,8H2,1H3. The molecule has 3 rings (SSSR count). The predicted molar refractivity (Wildman–Crippen MR) is 92.0 cm³/mol. The van der Waals surface area contributed by atoms with E-state index in [0.717, 1.165) is 10.0 Å². The summed E-state index contributed by atoms with van der Waals surface area (Å²) in [6, 6.07) is 6.03. The fourth-order valence-corrected chi connectivity index (χ4v) is 2.84. The second kappa shape index (κ2) is 7.45. The summed E-state index contributed by atoms with van der Waals surface area (Å²) in [5.74, 6) is -1.00. The van der Waals surface area contributed by atoms with Gasteiger partial charge in [0.05, 0.1) is 17.0 Å². The second-order valence-corrected chi connectivity index (χ2v) is 6.21. The first-order chi connectivity index (χ1) is 13.6. The molecule has 0 aliphatic carbocycles. The summed E-state index contributed by atoms with van der Waals surface area (Å²) in [4.78, 5) is 21.9. The number of hydrogen-bond donors (Lipinski definition) is 0. The van der Waals surface area contributed by atoms with Crippen molar-refractivity contribution in [2.24, 2.45) is 10.4 Å². The maximum absolute atomic E-state index is 14.1. The Morgan fingerprint density at radius 3 is 2.52 bits per heavy atom. The Morgan fingerprint density at radius 1 is 1.21 bits per heavy atom. The van der Waals surface area contributed by atoms with Gasteiger partial charge < -0.3 is 0 Å². The van der Waals surface area contributed by atoms with E-state index >= 15 is 0 Å². The number of nitro benzene ring substituents is 1. The zero-order valence-corrected chi connectivity index (χ0v) is 14.8. The lowest BCUT2D eigenvalue weighted by Gasteiger charge is -2.24. The zero-order chi connectivity index (χ0) is 21.3. The molecule has 0 N–H and O–H groups in total. The normalized spacial score (nSPS) is 16.4. The van der Waals surface area contributed by atoms with Crippen molar-refractivity contribution < 1.29 is 27.3 Å². The molecule has 0 radical (unpaired) electrons. The second-order valence-electron chi connectivity index (χ2n) is 6.21. The van der Waals surface area contributed by atoms with Crippen LogP contribution in [0.3, 0.4) is 0 Å². The smallest absolute Gasteiger partial charge is 0.299 e. The molecule has 1 unspecified atom stereocenters. The predicted octanol–water partition coefficient (Wildman–Crippen LogP) is 4.19. The lowest BCUT2D eigenvalue weighted by Crippen LogP contribution is -2.40. The van der Waals surface area contributed by atoms with Crippen LogP contribution >= 0.6 is 0 Å². The summed E-state index contributed by atoms with van der Waals surface area (Å²) >= 11 is 0. The van der Waals surface area contributed by atoms with Crippen molar-refractivity contribution in [1.82, 2.24) is 5.01 Å². The number of carbonyl (C=O) groups excluding carboxylic acids is 1. The summed E-state index contributed by atoms with van der Waals surface area (Å²) in [5, 5.41) is 20.1. The third kappa shape index (κ3) is 4.00. The first-order valence-electron chi connectivity index (χ1n) is 8.15. The van der Waals surface area contributed by atoms with Gasteiger partial charge in [-0.25, -0.2) is 14.4 Å². The van der Waals surface area contributed by atoms with Gasteiger partial charge in [0.25, 0.3) is 5.69 Å². The van der Waals surface area contributed by atoms with Crippen molar-refractivity contribution in [1.29, 1.82) is 0 Å². The summed E-state index contributed by atoms with van der Waals surface area (Å²) < 4.78 is 52.9. The van der Waals surface area contributed by atoms with E-state index in [2.05, 4.69) is 10.4 Å². The third-order valence-electron chi connectivity index (χ3n) is 4.25. The summed E-state index contributed by atoms with van der Waals surface area (Å²) in [6.07, 6.45) is -5.63. The highest BCUT2D eigenvalue weighted by atomic mass is 19.4. The molecule has 152 valence electrons. The number of halogens is 4. The largest absolute Gasteiger partial charge is 0.416 e. The van der Waals surface area contributed by atoms with Crippen LogP contribution in [0.1, 0.15) is 16.7 Å². The minimum atomic E-state index is -4.70. The van der Waals surface area contributed by atoms with Crippen molar-refractivity contribution in [3.8, 4) is 0 Å². The summed E-state index contributed by atoms with van der Waals surface area (Å²) in [7, 11) is 0. The molecule has 12 heteroatoms. The minimum absolute atomic E-state index is 0.0250. The Hall–Kier alpha value is -3.57. The maximum atomic E-state index is 14.1. The number of hydrogen-bond acceptors (Lipinski definition) is 7. The van der Waals surface area contributed by atoms with Gasteiger partial charge in [0.1, 0.15) is 11.5 Å². The highest BCUT2D eigenvalue weighted by molar-refractivity contribution is 5.66. The van der Waals surface area contributed by atoms with Crippen LogP contribution in [0.4, 0.5) is 28.9 Å². The average molecular weight is 411 g/mol. The molecule has 29 heavy (non-hydrogen) atoms. The Balaban J connectivity index is 1.86. The molecule has 2 aromatic rings. The van der Waals surface area contributed by atoms with Crippen LogP contribution < -0.4 is 5.01 Å². The fraction of sp³-hybridized carbons (Fsp3) is 0.235. The first-order valence-corrected chi connectivity index (χ1v) is 8.15. The number of aldehydes is 1. The van der Waals surface area contributed by atoms with Crippen molar-refractivity contribution in [3.05, 3.63) is 69.0 Å². The van der Waals surface area contributed by atoms with Gasteiger partial charge in [0.2, 0.25) is 0 Å². The SMILES string of the molecule is Cc1cc(CN2N=NN(c3cc(C(F)(F)F)ccc3F)C2C=O)ccc1[N+](=O)[O-]. The lowest BCUT2D eigenvalue weighted by molar-refractivity contribution is -0.385. The average Bonchev–Trinajstić information content (AvgIpc) is 3.03. The Morgan fingerprint density at radius 2 is 1.93 bits per heavy atom. The monoisotopic (exact) mass is 411 g/mol. The molecule has 0 saturated heterocycles. The highest BCUT2D eigenvalue weighted by Crippen LogP contribution is 2.35. The number of anilines is 1. The van der Waals surface area contributed by atoms with Gasteiger partial charge in [-0.15, -0.1) is 0 Å². The van der Waals surface area contributed by atoms with Gasteiger partial charge >= 0.3 is 6.18 Å². The van der Waals surface area contributed by atoms with E-state index in [-0.39, 0.29) is 12.2 Å². The van der Waals surface area contributed by atoms with Crippen LogP contribution in [-0.2, 0) is 17.5 Å². The van der Waals surface area contributed by atoms with E-state index in [1.165, 1.54) is 25.1 Å². The molecule has 0 amide bonds. The summed E-state index contributed by atoms with van der Waals surface area (Å²) in [6.45, 7) is 1.51. The number of nitrogens with zero attached hydrogens (tertiary/aromatic N) is 5. The van der Waals surface area contributed by atoms with E-state index in [9.17, 15) is 32.5 Å². The van der Waals surface area contributed by atoms with E-state index in [0.29, 0.717) is 35.6 Å². The summed E-state index contributed by atoms with van der Waals surface area (Å²) in [5.41, 5.74) is -0.810. The Kier molecular flexibility index (Phi) is 5.18. The van der Waals surface area contributed by atoms with Crippen LogP contribution in [0.5, 0.6) is 0 Å².